The van der Waals surface area contributed by atoms with Crippen LogP contribution in [0.25, 0.3) is 0 Å². The van der Waals surface area contributed by atoms with E-state index in [1.807, 2.05) is 0 Å². The molecule has 1 aliphatic heterocycles. The molecule has 1 aromatic rings. The van der Waals surface area contributed by atoms with E-state index in [0.717, 1.165) is 0 Å². The molecule has 1 fully saturated rings. The summed E-state index contributed by atoms with van der Waals surface area (Å²) in [4.78, 5) is 13.5. The highest BCUT2D eigenvalue weighted by Gasteiger charge is 2.30. The molecule has 22 heavy (non-hydrogen) atoms. The highest BCUT2D eigenvalue weighted by molar-refractivity contribution is 7.89. The van der Waals surface area contributed by atoms with Crippen LogP contribution in [0.2, 0.25) is 5.02 Å². The molecule has 1 aliphatic rings. The first-order chi connectivity index (χ1) is 9.82. The highest BCUT2D eigenvalue weighted by Crippen LogP contribution is 2.20. The Morgan fingerprint density at radius 1 is 1.27 bits per heavy atom. The lowest BCUT2D eigenvalue weighted by molar-refractivity contribution is -0.133. The average molecular weight is 368 g/mol. The van der Waals surface area contributed by atoms with Gasteiger partial charge >= 0.3 is 0 Å². The predicted molar refractivity (Wildman–Crippen MR) is 87.7 cm³/mol. The number of halogens is 2. The Hall–Kier alpha value is -0.860. The smallest absolute Gasteiger partial charge is 0.243 e. The number of hydrogen-bond donors (Lipinski definition) is 1. The molecule has 0 bridgehead atoms. The summed E-state index contributed by atoms with van der Waals surface area (Å²) in [5.74, 6) is -0.158. The summed E-state index contributed by atoms with van der Waals surface area (Å²) in [6, 6.07) is 5.60. The first-order valence-corrected chi connectivity index (χ1v) is 8.44. The molecule has 0 aliphatic carbocycles. The number of piperazine rings is 1. The molecule has 0 radical (unpaired) electrons. The van der Waals surface area contributed by atoms with Crippen molar-refractivity contribution in [2.24, 2.45) is 5.73 Å². The largest absolute Gasteiger partial charge is 0.339 e. The maximum Gasteiger partial charge on any atom is 0.243 e. The van der Waals surface area contributed by atoms with E-state index in [2.05, 4.69) is 0 Å². The van der Waals surface area contributed by atoms with Crippen LogP contribution in [0.15, 0.2) is 29.2 Å². The monoisotopic (exact) mass is 367 g/mol. The fourth-order valence-electron chi connectivity index (χ4n) is 2.21. The van der Waals surface area contributed by atoms with E-state index in [9.17, 15) is 13.2 Å². The molecule has 2 N–H and O–H groups in total. The van der Waals surface area contributed by atoms with Gasteiger partial charge in [0.1, 0.15) is 0 Å². The third kappa shape index (κ3) is 4.11. The molecule has 6 nitrogen and oxygen atoms in total. The van der Waals surface area contributed by atoms with Crippen LogP contribution in [0.5, 0.6) is 0 Å². The van der Waals surface area contributed by atoms with E-state index >= 15 is 0 Å². The third-order valence-electron chi connectivity index (χ3n) is 3.37. The molecule has 1 aromatic carbocycles. The molecule has 0 spiro atoms. The topological polar surface area (TPSA) is 83.7 Å². The first kappa shape index (κ1) is 19.2. The Labute approximate surface area is 141 Å². The fourth-order valence-corrected chi connectivity index (χ4v) is 3.94. The Morgan fingerprint density at radius 2 is 1.86 bits per heavy atom. The minimum Gasteiger partial charge on any atom is -0.339 e. The zero-order chi connectivity index (χ0) is 15.6. The van der Waals surface area contributed by atoms with Crippen molar-refractivity contribution in [3.63, 3.8) is 0 Å². The SMILES string of the molecule is C[C@@H](N)C(=O)N1CCN(S(=O)(=O)c2cccc(Cl)c2)CC1.Cl. The van der Waals surface area contributed by atoms with Gasteiger partial charge in [-0.05, 0) is 25.1 Å². The van der Waals surface area contributed by atoms with Crippen molar-refractivity contribution in [2.75, 3.05) is 26.2 Å². The van der Waals surface area contributed by atoms with Crippen LogP contribution in [0.4, 0.5) is 0 Å². The van der Waals surface area contributed by atoms with Crippen molar-refractivity contribution in [2.45, 2.75) is 17.9 Å². The van der Waals surface area contributed by atoms with Gasteiger partial charge in [-0.1, -0.05) is 17.7 Å². The van der Waals surface area contributed by atoms with Crippen LogP contribution in [0.3, 0.4) is 0 Å². The van der Waals surface area contributed by atoms with Crippen molar-refractivity contribution < 1.29 is 13.2 Å². The molecule has 1 heterocycles. The van der Waals surface area contributed by atoms with E-state index < -0.39 is 16.1 Å². The second-order valence-electron chi connectivity index (χ2n) is 4.98. The third-order valence-corrected chi connectivity index (χ3v) is 5.50. The number of carbonyl (C=O) groups is 1. The van der Waals surface area contributed by atoms with Gasteiger partial charge in [-0.3, -0.25) is 4.79 Å². The van der Waals surface area contributed by atoms with Crippen LogP contribution in [-0.4, -0.2) is 55.8 Å². The summed E-state index contributed by atoms with van der Waals surface area (Å²) in [6.45, 7) is 2.83. The first-order valence-electron chi connectivity index (χ1n) is 6.62. The predicted octanol–water partition coefficient (Wildman–Crippen LogP) is 0.942. The molecule has 0 unspecified atom stereocenters. The number of carbonyl (C=O) groups excluding carboxylic acids is 1. The van der Waals surface area contributed by atoms with Crippen LogP contribution in [-0.2, 0) is 14.8 Å². The van der Waals surface area contributed by atoms with Crippen molar-refractivity contribution in [3.05, 3.63) is 29.3 Å². The van der Waals surface area contributed by atoms with Crippen molar-refractivity contribution in [1.82, 2.24) is 9.21 Å². The maximum atomic E-state index is 12.5. The number of rotatable bonds is 3. The van der Waals surface area contributed by atoms with Gasteiger partial charge < -0.3 is 10.6 Å². The van der Waals surface area contributed by atoms with Crippen LogP contribution in [0, 0.1) is 0 Å². The number of benzene rings is 1. The normalized spacial score (nSPS) is 17.7. The molecule has 1 amide bonds. The van der Waals surface area contributed by atoms with Gasteiger partial charge in [-0.25, -0.2) is 8.42 Å². The van der Waals surface area contributed by atoms with E-state index in [4.69, 9.17) is 17.3 Å². The Morgan fingerprint density at radius 3 is 2.36 bits per heavy atom. The van der Waals surface area contributed by atoms with Crippen LogP contribution in [0.1, 0.15) is 6.92 Å². The molecule has 2 rings (SSSR count). The van der Waals surface area contributed by atoms with Gasteiger partial charge in [0.25, 0.3) is 0 Å². The number of hydrogen-bond acceptors (Lipinski definition) is 4. The van der Waals surface area contributed by atoms with Gasteiger partial charge in [-0.15, -0.1) is 12.4 Å². The summed E-state index contributed by atoms with van der Waals surface area (Å²) in [5.41, 5.74) is 5.56. The highest BCUT2D eigenvalue weighted by atomic mass is 35.5. The quantitative estimate of drug-likeness (QED) is 0.861. The minimum absolute atomic E-state index is 0. The lowest BCUT2D eigenvalue weighted by atomic mass is 10.2. The number of nitrogens with two attached hydrogens (primary N) is 1. The van der Waals surface area contributed by atoms with Crippen LogP contribution < -0.4 is 5.73 Å². The molecule has 124 valence electrons. The van der Waals surface area contributed by atoms with Gasteiger partial charge in [0.15, 0.2) is 0 Å². The van der Waals surface area contributed by atoms with E-state index in [-0.39, 0.29) is 36.3 Å². The summed E-state index contributed by atoms with van der Waals surface area (Å²) < 4.78 is 26.3. The molecule has 9 heteroatoms. The maximum absolute atomic E-state index is 12.5. The van der Waals surface area contributed by atoms with Gasteiger partial charge in [0.2, 0.25) is 15.9 Å². The van der Waals surface area contributed by atoms with Crippen molar-refractivity contribution in [3.8, 4) is 0 Å². The van der Waals surface area contributed by atoms with Crippen molar-refractivity contribution >= 4 is 39.9 Å². The van der Waals surface area contributed by atoms with Crippen LogP contribution >= 0.6 is 24.0 Å². The fraction of sp³-hybridized carbons (Fsp3) is 0.462. The lowest BCUT2D eigenvalue weighted by Gasteiger charge is -2.34. The Bertz CT molecular complexity index is 629. The molecule has 1 atom stereocenters. The molecule has 1 saturated heterocycles. The molecular weight excluding hydrogens is 349 g/mol. The standard InChI is InChI=1S/C13H18ClN3O3S.ClH/c1-10(15)13(18)16-5-7-17(8-6-16)21(19,20)12-4-2-3-11(14)9-12;/h2-4,9-10H,5-8,15H2,1H3;1H/t10-;/m1./s1. The second kappa shape index (κ2) is 7.61. The van der Waals surface area contributed by atoms with E-state index in [1.165, 1.54) is 16.4 Å². The zero-order valence-electron chi connectivity index (χ0n) is 12.1. The summed E-state index contributed by atoms with van der Waals surface area (Å²) >= 11 is 5.84. The van der Waals surface area contributed by atoms with Gasteiger partial charge in [0, 0.05) is 31.2 Å². The summed E-state index contributed by atoms with van der Waals surface area (Å²) in [7, 11) is -3.57. The molecule has 0 saturated carbocycles. The van der Waals surface area contributed by atoms with E-state index in [1.54, 1.807) is 24.0 Å². The summed E-state index contributed by atoms with van der Waals surface area (Å²) in [6.07, 6.45) is 0. The average Bonchev–Trinajstić information content (AvgIpc) is 2.46. The second-order valence-corrected chi connectivity index (χ2v) is 7.35. The Balaban J connectivity index is 0.00000242. The number of amides is 1. The minimum atomic E-state index is -3.57. The number of sulfonamides is 1. The van der Waals surface area contributed by atoms with E-state index in [0.29, 0.717) is 18.1 Å². The van der Waals surface area contributed by atoms with Gasteiger partial charge in [0.05, 0.1) is 10.9 Å². The zero-order valence-corrected chi connectivity index (χ0v) is 14.5. The lowest BCUT2D eigenvalue weighted by Crippen LogP contribution is -2.53. The van der Waals surface area contributed by atoms with Crippen molar-refractivity contribution in [1.29, 1.82) is 0 Å². The van der Waals surface area contributed by atoms with Gasteiger partial charge in [-0.2, -0.15) is 4.31 Å². The number of nitrogens with zero attached hydrogens (tertiary/aromatic N) is 2. The summed E-state index contributed by atoms with van der Waals surface area (Å²) in [5, 5.41) is 0.377. The molecular formula is C13H19Cl2N3O3S. The molecule has 0 aromatic heterocycles. The Kier molecular flexibility index (Phi) is 6.64.